The number of aliphatic carboxylic acids is 2. The van der Waals surface area contributed by atoms with E-state index >= 15 is 0 Å². The third kappa shape index (κ3) is 4.24. The van der Waals surface area contributed by atoms with Crippen molar-refractivity contribution < 1.29 is 19.8 Å². The summed E-state index contributed by atoms with van der Waals surface area (Å²) in [7, 11) is 0. The molecule has 3 fully saturated rings. The summed E-state index contributed by atoms with van der Waals surface area (Å²) in [5.41, 5.74) is 0.220. The van der Waals surface area contributed by atoms with Gasteiger partial charge in [-0.3, -0.25) is 4.90 Å². The van der Waals surface area contributed by atoms with Crippen molar-refractivity contribution in [2.45, 2.75) is 63.3 Å². The van der Waals surface area contributed by atoms with Crippen LogP contribution in [0.5, 0.6) is 0 Å². The van der Waals surface area contributed by atoms with E-state index in [-0.39, 0.29) is 17.4 Å². The summed E-state index contributed by atoms with van der Waals surface area (Å²) in [6, 6.07) is 5.96. The van der Waals surface area contributed by atoms with Crippen LogP contribution >= 0.6 is 23.2 Å². The third-order valence-corrected chi connectivity index (χ3v) is 8.49. The lowest BCUT2D eigenvalue weighted by molar-refractivity contribution is -0.137. The molecule has 2 N–H and O–H groups in total. The van der Waals surface area contributed by atoms with Crippen LogP contribution in [0, 0.1) is 11.3 Å². The van der Waals surface area contributed by atoms with Gasteiger partial charge in [-0.2, -0.15) is 0 Å². The molecule has 1 aromatic rings. The van der Waals surface area contributed by atoms with Crippen LogP contribution in [0.4, 0.5) is 0 Å². The molecule has 7 heteroatoms. The number of fused-ring (bicyclic) bond motifs is 1. The van der Waals surface area contributed by atoms with E-state index in [1.54, 1.807) is 6.07 Å². The molecule has 1 saturated heterocycles. The number of benzene rings is 1. The Bertz CT molecular complexity index is 896. The average Bonchev–Trinajstić information content (AvgIpc) is 3.15. The van der Waals surface area contributed by atoms with Crippen LogP contribution in [0.3, 0.4) is 0 Å². The molecular weight excluding hydrogens is 437 g/mol. The van der Waals surface area contributed by atoms with Gasteiger partial charge in [0.2, 0.25) is 0 Å². The first-order chi connectivity index (χ1) is 14.8. The Morgan fingerprint density at radius 2 is 1.74 bits per heavy atom. The Hall–Kier alpha value is -1.56. The molecule has 1 heterocycles. The van der Waals surface area contributed by atoms with Gasteiger partial charge in [0, 0.05) is 30.6 Å². The van der Waals surface area contributed by atoms with Crippen molar-refractivity contribution in [1.29, 1.82) is 0 Å². The summed E-state index contributed by atoms with van der Waals surface area (Å²) in [5.74, 6) is -2.36. The molecule has 0 unspecified atom stereocenters. The predicted octanol–water partition coefficient (Wildman–Crippen LogP) is 5.61. The Balaban J connectivity index is 1.83. The molecule has 1 aliphatic heterocycles. The van der Waals surface area contributed by atoms with E-state index in [1.165, 1.54) is 19.3 Å². The monoisotopic (exact) mass is 465 g/mol. The van der Waals surface area contributed by atoms with Gasteiger partial charge >= 0.3 is 11.9 Å². The summed E-state index contributed by atoms with van der Waals surface area (Å²) < 4.78 is 0. The van der Waals surface area contributed by atoms with Gasteiger partial charge in [-0.05, 0) is 55.2 Å². The highest BCUT2D eigenvalue weighted by Gasteiger charge is 2.58. The van der Waals surface area contributed by atoms with Crippen molar-refractivity contribution in [3.05, 3.63) is 45.5 Å². The number of carboxylic acids is 2. The van der Waals surface area contributed by atoms with E-state index in [2.05, 4.69) is 4.90 Å². The number of carbonyl (C=O) groups is 2. The molecule has 168 valence electrons. The SMILES string of the molecule is O=C(O)C=C(C(=O)O)[C@@]12CN(C3CCCCC3)C[C@@H]1CCC[C@@H]2c1ccc(Cl)c(Cl)c1. The Morgan fingerprint density at radius 3 is 2.39 bits per heavy atom. The largest absolute Gasteiger partial charge is 0.478 e. The summed E-state index contributed by atoms with van der Waals surface area (Å²) in [6.07, 6.45) is 9.55. The molecule has 0 radical (unpaired) electrons. The minimum Gasteiger partial charge on any atom is -0.478 e. The van der Waals surface area contributed by atoms with Gasteiger partial charge in [-0.1, -0.05) is 55.0 Å². The normalized spacial score (nSPS) is 30.2. The highest BCUT2D eigenvalue weighted by atomic mass is 35.5. The Morgan fingerprint density at radius 1 is 1.00 bits per heavy atom. The number of nitrogens with zero attached hydrogens (tertiary/aromatic N) is 1. The molecule has 3 aliphatic rings. The van der Waals surface area contributed by atoms with E-state index in [9.17, 15) is 19.8 Å². The Labute approximate surface area is 193 Å². The summed E-state index contributed by atoms with van der Waals surface area (Å²) in [6.45, 7) is 1.41. The first-order valence-corrected chi connectivity index (χ1v) is 12.0. The van der Waals surface area contributed by atoms with Crippen molar-refractivity contribution in [2.24, 2.45) is 11.3 Å². The molecule has 0 spiro atoms. The van der Waals surface area contributed by atoms with Gasteiger partial charge in [0.05, 0.1) is 15.6 Å². The first-order valence-electron chi connectivity index (χ1n) is 11.2. The average molecular weight is 466 g/mol. The number of carboxylic acid groups (broad SMARTS) is 2. The molecule has 1 aromatic carbocycles. The summed E-state index contributed by atoms with van der Waals surface area (Å²) in [4.78, 5) is 26.6. The van der Waals surface area contributed by atoms with E-state index in [0.29, 0.717) is 22.6 Å². The molecule has 2 saturated carbocycles. The highest BCUT2D eigenvalue weighted by Crippen LogP contribution is 2.59. The lowest BCUT2D eigenvalue weighted by Crippen LogP contribution is -2.45. The van der Waals surface area contributed by atoms with Crippen LogP contribution in [0.15, 0.2) is 29.8 Å². The van der Waals surface area contributed by atoms with Crippen molar-refractivity contribution in [2.75, 3.05) is 13.1 Å². The lowest BCUT2D eigenvalue weighted by atomic mass is 9.56. The highest BCUT2D eigenvalue weighted by molar-refractivity contribution is 6.42. The fourth-order valence-electron chi connectivity index (χ4n) is 6.47. The number of likely N-dealkylation sites (tertiary alicyclic amines) is 1. The van der Waals surface area contributed by atoms with Crippen molar-refractivity contribution in [1.82, 2.24) is 4.90 Å². The van der Waals surface area contributed by atoms with Gasteiger partial charge in [0.15, 0.2) is 0 Å². The number of rotatable bonds is 5. The predicted molar refractivity (Wildman–Crippen MR) is 121 cm³/mol. The maximum absolute atomic E-state index is 12.5. The lowest BCUT2D eigenvalue weighted by Gasteiger charge is -2.46. The summed E-state index contributed by atoms with van der Waals surface area (Å²) in [5, 5.41) is 20.6. The van der Waals surface area contributed by atoms with Crippen LogP contribution in [0.1, 0.15) is 62.8 Å². The van der Waals surface area contributed by atoms with Crippen molar-refractivity contribution in [3.63, 3.8) is 0 Å². The van der Waals surface area contributed by atoms with E-state index in [1.807, 2.05) is 12.1 Å². The van der Waals surface area contributed by atoms with Gasteiger partial charge in [0.1, 0.15) is 0 Å². The zero-order chi connectivity index (χ0) is 22.2. The smallest absolute Gasteiger partial charge is 0.332 e. The third-order valence-electron chi connectivity index (χ3n) is 7.75. The van der Waals surface area contributed by atoms with Crippen LogP contribution in [-0.2, 0) is 9.59 Å². The maximum Gasteiger partial charge on any atom is 0.332 e. The van der Waals surface area contributed by atoms with E-state index in [4.69, 9.17) is 23.2 Å². The minimum atomic E-state index is -1.21. The first kappa shape index (κ1) is 22.6. The molecule has 0 bridgehead atoms. The second-order valence-electron chi connectivity index (χ2n) is 9.32. The maximum atomic E-state index is 12.5. The molecule has 0 amide bonds. The number of hydrogen-bond donors (Lipinski definition) is 2. The molecule has 0 aromatic heterocycles. The van der Waals surface area contributed by atoms with Crippen LogP contribution < -0.4 is 0 Å². The molecule has 3 atom stereocenters. The van der Waals surface area contributed by atoms with Crippen LogP contribution in [0.2, 0.25) is 10.0 Å². The molecule has 31 heavy (non-hydrogen) atoms. The zero-order valence-corrected chi connectivity index (χ0v) is 19.0. The van der Waals surface area contributed by atoms with E-state index < -0.39 is 17.4 Å². The molecular formula is C24H29Cl2NO4. The van der Waals surface area contributed by atoms with Crippen LogP contribution in [-0.4, -0.2) is 46.2 Å². The van der Waals surface area contributed by atoms with Crippen molar-refractivity contribution >= 4 is 35.1 Å². The zero-order valence-electron chi connectivity index (χ0n) is 17.5. The topological polar surface area (TPSA) is 77.8 Å². The van der Waals surface area contributed by atoms with Gasteiger partial charge in [-0.15, -0.1) is 0 Å². The van der Waals surface area contributed by atoms with Gasteiger partial charge in [0.25, 0.3) is 0 Å². The standard InChI is InChI=1S/C24H29Cl2NO4/c25-20-10-9-15(11-21(20)26)18-8-4-5-16-13-27(17-6-2-1-3-7-17)14-24(16,18)19(23(30)31)12-22(28)29/h9-12,16-18H,1-8,13-14H2,(H,28,29)(H,30,31)/t16-,18+,24-/m0/s1. The molecule has 4 rings (SSSR count). The second kappa shape index (κ2) is 9.13. The van der Waals surface area contributed by atoms with Crippen LogP contribution in [0.25, 0.3) is 0 Å². The summed E-state index contributed by atoms with van der Waals surface area (Å²) >= 11 is 12.5. The Kier molecular flexibility index (Phi) is 6.66. The fourth-order valence-corrected chi connectivity index (χ4v) is 6.78. The second-order valence-corrected chi connectivity index (χ2v) is 10.1. The van der Waals surface area contributed by atoms with Crippen molar-refractivity contribution in [3.8, 4) is 0 Å². The van der Waals surface area contributed by atoms with E-state index in [0.717, 1.165) is 50.3 Å². The molecule has 5 nitrogen and oxygen atoms in total. The van der Waals surface area contributed by atoms with Gasteiger partial charge < -0.3 is 10.2 Å². The fraction of sp³-hybridized carbons (Fsp3) is 0.583. The number of halogens is 2. The minimum absolute atomic E-state index is 0.0269. The quantitative estimate of drug-likeness (QED) is 0.552. The molecule has 2 aliphatic carbocycles. The number of hydrogen-bond acceptors (Lipinski definition) is 3. The van der Waals surface area contributed by atoms with Gasteiger partial charge in [-0.25, -0.2) is 9.59 Å².